The normalized spacial score (nSPS) is 21.7. The number of hydrogen-bond donors (Lipinski definition) is 2. The van der Waals surface area contributed by atoms with Crippen LogP contribution in [0.25, 0.3) is 0 Å². The lowest BCUT2D eigenvalue weighted by atomic mass is 10.0. The molecule has 1 fully saturated rings. The molecular weight excluding hydrogens is 260 g/mol. The summed E-state index contributed by atoms with van der Waals surface area (Å²) in [7, 11) is 1.62. The quantitative estimate of drug-likeness (QED) is 0.747. The maximum absolute atomic E-state index is 12.0. The summed E-state index contributed by atoms with van der Waals surface area (Å²) < 4.78 is 15.5. The van der Waals surface area contributed by atoms with Gasteiger partial charge in [-0.15, -0.1) is 0 Å². The van der Waals surface area contributed by atoms with E-state index in [0.29, 0.717) is 32.1 Å². The third kappa shape index (κ3) is 3.93. The second kappa shape index (κ2) is 7.23. The van der Waals surface area contributed by atoms with E-state index in [1.807, 2.05) is 0 Å². The number of rotatable bonds is 6. The highest BCUT2D eigenvalue weighted by atomic mass is 16.5. The first kappa shape index (κ1) is 14.8. The van der Waals surface area contributed by atoms with Crippen LogP contribution in [0.3, 0.4) is 0 Å². The van der Waals surface area contributed by atoms with E-state index in [2.05, 4.69) is 5.32 Å². The number of carbonyl (C=O) groups excluding carboxylic acids is 1. The molecule has 1 aromatic rings. The molecule has 110 valence electrons. The van der Waals surface area contributed by atoms with Crippen molar-refractivity contribution < 1.29 is 19.0 Å². The first-order valence-electron chi connectivity index (χ1n) is 6.56. The van der Waals surface area contributed by atoms with Crippen LogP contribution in [-0.2, 0) is 14.3 Å². The molecule has 1 aliphatic heterocycles. The summed E-state index contributed by atoms with van der Waals surface area (Å²) in [6.07, 6.45) is 0. The number of anilines is 1. The number of nitrogens with two attached hydrogens (primary N) is 1. The zero-order valence-corrected chi connectivity index (χ0v) is 11.5. The molecule has 2 unspecified atom stereocenters. The fourth-order valence-corrected chi connectivity index (χ4v) is 1.95. The van der Waals surface area contributed by atoms with E-state index in [9.17, 15) is 4.79 Å². The Morgan fingerprint density at radius 3 is 2.70 bits per heavy atom. The predicted octanol–water partition coefficient (Wildman–Crippen LogP) is 0.624. The molecular formula is C14H20N2O4. The van der Waals surface area contributed by atoms with Crippen molar-refractivity contribution in [1.29, 1.82) is 0 Å². The highest BCUT2D eigenvalue weighted by Gasteiger charge is 2.31. The van der Waals surface area contributed by atoms with Crippen LogP contribution in [-0.4, -0.2) is 45.5 Å². The number of benzene rings is 1. The Kier molecular flexibility index (Phi) is 5.34. The van der Waals surface area contributed by atoms with Gasteiger partial charge in [0.2, 0.25) is 5.91 Å². The molecule has 20 heavy (non-hydrogen) atoms. The number of nitrogens with one attached hydrogen (secondary N) is 1. The smallest absolute Gasteiger partial charge is 0.231 e. The monoisotopic (exact) mass is 280 g/mol. The van der Waals surface area contributed by atoms with Gasteiger partial charge in [0.15, 0.2) is 0 Å². The zero-order chi connectivity index (χ0) is 14.4. The summed E-state index contributed by atoms with van der Waals surface area (Å²) in [6.45, 7) is 1.85. The van der Waals surface area contributed by atoms with Gasteiger partial charge in [0.1, 0.15) is 12.4 Å². The molecule has 0 spiro atoms. The zero-order valence-electron chi connectivity index (χ0n) is 11.5. The van der Waals surface area contributed by atoms with Crippen molar-refractivity contribution in [2.45, 2.75) is 6.04 Å². The second-order valence-electron chi connectivity index (χ2n) is 4.66. The number of amides is 1. The lowest BCUT2D eigenvalue weighted by molar-refractivity contribution is -0.120. The summed E-state index contributed by atoms with van der Waals surface area (Å²) in [5.74, 6) is 0.344. The van der Waals surface area contributed by atoms with Gasteiger partial charge in [0, 0.05) is 18.8 Å². The first-order valence-corrected chi connectivity index (χ1v) is 6.56. The molecule has 0 bridgehead atoms. The van der Waals surface area contributed by atoms with Crippen molar-refractivity contribution in [3.05, 3.63) is 24.3 Å². The van der Waals surface area contributed by atoms with Gasteiger partial charge < -0.3 is 25.3 Å². The number of carbonyl (C=O) groups is 1. The van der Waals surface area contributed by atoms with E-state index in [1.54, 1.807) is 31.4 Å². The third-order valence-corrected chi connectivity index (χ3v) is 3.14. The highest BCUT2D eigenvalue weighted by Crippen LogP contribution is 2.18. The van der Waals surface area contributed by atoms with Gasteiger partial charge in [-0.1, -0.05) is 0 Å². The maximum atomic E-state index is 12.0. The molecule has 2 atom stereocenters. The predicted molar refractivity (Wildman–Crippen MR) is 74.7 cm³/mol. The molecule has 1 aromatic carbocycles. The first-order chi connectivity index (χ1) is 9.70. The Bertz CT molecular complexity index is 435. The summed E-state index contributed by atoms with van der Waals surface area (Å²) in [4.78, 5) is 12.0. The molecule has 6 nitrogen and oxygen atoms in total. The number of ether oxygens (including phenoxy) is 3. The summed E-state index contributed by atoms with van der Waals surface area (Å²) >= 11 is 0. The summed E-state index contributed by atoms with van der Waals surface area (Å²) in [5, 5.41) is 2.83. The molecule has 0 aromatic heterocycles. The lowest BCUT2D eigenvalue weighted by Gasteiger charge is -2.13. The average molecular weight is 280 g/mol. The third-order valence-electron chi connectivity index (χ3n) is 3.14. The minimum absolute atomic E-state index is 0.108. The van der Waals surface area contributed by atoms with E-state index >= 15 is 0 Å². The van der Waals surface area contributed by atoms with Gasteiger partial charge in [0.25, 0.3) is 0 Å². The summed E-state index contributed by atoms with van der Waals surface area (Å²) in [6, 6.07) is 6.96. The Balaban J connectivity index is 1.85. The maximum Gasteiger partial charge on any atom is 0.231 e. The van der Waals surface area contributed by atoms with Crippen molar-refractivity contribution in [2.75, 3.05) is 38.9 Å². The number of methoxy groups -OCH3 is 1. The molecule has 6 heteroatoms. The lowest BCUT2D eigenvalue weighted by Crippen LogP contribution is -2.37. The van der Waals surface area contributed by atoms with E-state index in [4.69, 9.17) is 19.9 Å². The van der Waals surface area contributed by atoms with Gasteiger partial charge in [-0.25, -0.2) is 0 Å². The average Bonchev–Trinajstić information content (AvgIpc) is 2.87. The molecule has 1 heterocycles. The topological polar surface area (TPSA) is 82.8 Å². The van der Waals surface area contributed by atoms with Gasteiger partial charge in [-0.2, -0.15) is 0 Å². The Hall–Kier alpha value is -1.63. The van der Waals surface area contributed by atoms with Crippen molar-refractivity contribution in [3.8, 4) is 5.75 Å². The molecule has 3 N–H and O–H groups in total. The van der Waals surface area contributed by atoms with Crippen LogP contribution in [0.4, 0.5) is 5.69 Å². The molecule has 1 saturated heterocycles. The van der Waals surface area contributed by atoms with Crippen LogP contribution in [0.5, 0.6) is 5.75 Å². The molecule has 1 amide bonds. The van der Waals surface area contributed by atoms with Crippen molar-refractivity contribution >= 4 is 11.6 Å². The Labute approximate surface area is 118 Å². The van der Waals surface area contributed by atoms with Crippen LogP contribution < -0.4 is 15.8 Å². The molecule has 2 rings (SSSR count). The second-order valence-corrected chi connectivity index (χ2v) is 4.66. The molecule has 0 aliphatic carbocycles. The van der Waals surface area contributed by atoms with Crippen LogP contribution in [0.2, 0.25) is 0 Å². The van der Waals surface area contributed by atoms with Gasteiger partial charge in [0.05, 0.1) is 25.7 Å². The van der Waals surface area contributed by atoms with E-state index < -0.39 is 0 Å². The largest absolute Gasteiger partial charge is 0.491 e. The Morgan fingerprint density at radius 1 is 1.35 bits per heavy atom. The molecule has 0 radical (unpaired) electrons. The molecule has 1 aliphatic rings. The Morgan fingerprint density at radius 2 is 2.10 bits per heavy atom. The molecule has 0 saturated carbocycles. The van der Waals surface area contributed by atoms with Crippen LogP contribution in [0.15, 0.2) is 24.3 Å². The van der Waals surface area contributed by atoms with E-state index in [-0.39, 0.29) is 17.9 Å². The highest BCUT2D eigenvalue weighted by molar-refractivity contribution is 5.93. The minimum atomic E-state index is -0.285. The van der Waals surface area contributed by atoms with Crippen molar-refractivity contribution in [3.63, 3.8) is 0 Å². The van der Waals surface area contributed by atoms with Crippen LogP contribution in [0.1, 0.15) is 0 Å². The van der Waals surface area contributed by atoms with Gasteiger partial charge in [-0.05, 0) is 24.3 Å². The van der Waals surface area contributed by atoms with Crippen molar-refractivity contribution in [2.24, 2.45) is 11.7 Å². The van der Waals surface area contributed by atoms with Gasteiger partial charge in [-0.3, -0.25) is 4.79 Å². The van der Waals surface area contributed by atoms with Crippen LogP contribution in [0, 0.1) is 5.92 Å². The van der Waals surface area contributed by atoms with E-state index in [1.165, 1.54) is 0 Å². The van der Waals surface area contributed by atoms with E-state index in [0.717, 1.165) is 5.75 Å². The standard InChI is InChI=1S/C14H20N2O4/c1-18-6-7-20-11-4-2-10(3-5-11)16-14(17)12-8-19-9-13(12)15/h2-5,12-13H,6-9,15H2,1H3,(H,16,17). The summed E-state index contributed by atoms with van der Waals surface area (Å²) in [5.41, 5.74) is 6.52. The number of hydrogen-bond acceptors (Lipinski definition) is 5. The fourth-order valence-electron chi connectivity index (χ4n) is 1.95. The fraction of sp³-hybridized carbons (Fsp3) is 0.500. The minimum Gasteiger partial charge on any atom is -0.491 e. The SMILES string of the molecule is COCCOc1ccc(NC(=O)C2COCC2N)cc1. The van der Waals surface area contributed by atoms with Crippen LogP contribution >= 0.6 is 0 Å². The van der Waals surface area contributed by atoms with Crippen molar-refractivity contribution in [1.82, 2.24) is 0 Å². The van der Waals surface area contributed by atoms with Gasteiger partial charge >= 0.3 is 0 Å².